The van der Waals surface area contributed by atoms with Gasteiger partial charge in [-0.25, -0.2) is 0 Å². The van der Waals surface area contributed by atoms with Gasteiger partial charge in [0.15, 0.2) is 0 Å². The lowest BCUT2D eigenvalue weighted by molar-refractivity contribution is -0.116. The second-order valence-electron chi connectivity index (χ2n) is 4.22. The second-order valence-corrected chi connectivity index (χ2v) is 5.70. The van der Waals surface area contributed by atoms with Gasteiger partial charge in [0.2, 0.25) is 5.91 Å². The van der Waals surface area contributed by atoms with E-state index in [2.05, 4.69) is 0 Å². The van der Waals surface area contributed by atoms with Gasteiger partial charge in [0, 0.05) is 22.2 Å². The summed E-state index contributed by atoms with van der Waals surface area (Å²) in [4.78, 5) is 15.1. The average Bonchev–Trinajstić information content (AvgIpc) is 2.48. The molecule has 2 aromatic rings. The van der Waals surface area contributed by atoms with E-state index >= 15 is 0 Å². The van der Waals surface area contributed by atoms with Crippen LogP contribution in [0.5, 0.6) is 0 Å². The Morgan fingerprint density at radius 3 is 2.35 bits per heavy atom. The molecule has 104 valence electrons. The minimum Gasteiger partial charge on any atom is -0.312 e. The highest BCUT2D eigenvalue weighted by molar-refractivity contribution is 8.00. The van der Waals surface area contributed by atoms with Crippen LogP contribution in [0.4, 0.5) is 5.69 Å². The molecule has 0 saturated carbocycles. The van der Waals surface area contributed by atoms with E-state index in [1.807, 2.05) is 61.5 Å². The van der Waals surface area contributed by atoms with E-state index < -0.39 is 0 Å². The summed E-state index contributed by atoms with van der Waals surface area (Å²) in [5.74, 6) is 0.531. The van der Waals surface area contributed by atoms with Crippen molar-refractivity contribution in [1.82, 2.24) is 0 Å². The highest BCUT2D eigenvalue weighted by atomic mass is 35.5. The van der Waals surface area contributed by atoms with Gasteiger partial charge in [-0.15, -0.1) is 11.8 Å². The quantitative estimate of drug-likeness (QED) is 0.759. The highest BCUT2D eigenvalue weighted by Gasteiger charge is 2.13. The SMILES string of the molecule is CCN(C(=O)CSc1ccc(Cl)cc1)c1ccccc1. The molecule has 0 bridgehead atoms. The monoisotopic (exact) mass is 305 g/mol. The summed E-state index contributed by atoms with van der Waals surface area (Å²) in [5, 5.41) is 0.708. The summed E-state index contributed by atoms with van der Waals surface area (Å²) >= 11 is 7.37. The maximum absolute atomic E-state index is 12.3. The zero-order chi connectivity index (χ0) is 14.4. The van der Waals surface area contributed by atoms with Crippen molar-refractivity contribution < 1.29 is 4.79 Å². The molecule has 2 nitrogen and oxygen atoms in total. The molecular weight excluding hydrogens is 290 g/mol. The average molecular weight is 306 g/mol. The van der Waals surface area contributed by atoms with Crippen molar-refractivity contribution in [2.45, 2.75) is 11.8 Å². The molecule has 0 heterocycles. The summed E-state index contributed by atoms with van der Waals surface area (Å²) < 4.78 is 0. The van der Waals surface area contributed by atoms with Gasteiger partial charge in [-0.2, -0.15) is 0 Å². The molecule has 0 aliphatic carbocycles. The van der Waals surface area contributed by atoms with Crippen molar-refractivity contribution in [1.29, 1.82) is 0 Å². The van der Waals surface area contributed by atoms with Gasteiger partial charge in [-0.05, 0) is 43.3 Å². The zero-order valence-corrected chi connectivity index (χ0v) is 12.8. The van der Waals surface area contributed by atoms with Crippen molar-refractivity contribution in [3.8, 4) is 0 Å². The molecule has 0 fully saturated rings. The van der Waals surface area contributed by atoms with Gasteiger partial charge in [-0.3, -0.25) is 4.79 Å². The number of rotatable bonds is 5. The summed E-state index contributed by atoms with van der Waals surface area (Å²) in [7, 11) is 0. The van der Waals surface area contributed by atoms with Crippen LogP contribution in [0.25, 0.3) is 0 Å². The van der Waals surface area contributed by atoms with Crippen molar-refractivity contribution in [3.63, 3.8) is 0 Å². The van der Waals surface area contributed by atoms with Crippen LogP contribution in [-0.2, 0) is 4.79 Å². The largest absolute Gasteiger partial charge is 0.312 e. The fraction of sp³-hybridized carbons (Fsp3) is 0.188. The maximum atomic E-state index is 12.3. The Labute approximate surface area is 128 Å². The normalized spacial score (nSPS) is 10.3. The molecule has 0 spiro atoms. The number of nitrogens with zero attached hydrogens (tertiary/aromatic N) is 1. The van der Waals surface area contributed by atoms with E-state index in [1.54, 1.807) is 4.90 Å². The predicted molar refractivity (Wildman–Crippen MR) is 86.6 cm³/mol. The van der Waals surface area contributed by atoms with Crippen LogP contribution in [0.15, 0.2) is 59.5 Å². The van der Waals surface area contributed by atoms with E-state index in [9.17, 15) is 4.79 Å². The lowest BCUT2D eigenvalue weighted by Crippen LogP contribution is -2.32. The standard InChI is InChI=1S/C16H16ClNOS/c1-2-18(14-6-4-3-5-7-14)16(19)12-20-15-10-8-13(17)9-11-15/h3-11H,2,12H2,1H3. The van der Waals surface area contributed by atoms with E-state index in [1.165, 1.54) is 11.8 Å². The Morgan fingerprint density at radius 2 is 1.75 bits per heavy atom. The number of anilines is 1. The molecule has 0 N–H and O–H groups in total. The van der Waals surface area contributed by atoms with Crippen LogP contribution < -0.4 is 4.90 Å². The molecule has 0 saturated heterocycles. The molecular formula is C16H16ClNOS. The van der Waals surface area contributed by atoms with E-state index in [4.69, 9.17) is 11.6 Å². The van der Waals surface area contributed by atoms with Crippen LogP contribution in [0, 0.1) is 0 Å². The van der Waals surface area contributed by atoms with Crippen molar-refractivity contribution >= 4 is 35.0 Å². The number of amides is 1. The fourth-order valence-electron chi connectivity index (χ4n) is 1.86. The van der Waals surface area contributed by atoms with Crippen LogP contribution in [0.1, 0.15) is 6.92 Å². The Balaban J connectivity index is 1.98. The molecule has 0 atom stereocenters. The molecule has 2 rings (SSSR count). The molecule has 1 amide bonds. The fourth-order valence-corrected chi connectivity index (χ4v) is 2.77. The first-order valence-electron chi connectivity index (χ1n) is 6.44. The lowest BCUT2D eigenvalue weighted by atomic mass is 10.3. The second kappa shape index (κ2) is 7.36. The highest BCUT2D eigenvalue weighted by Crippen LogP contribution is 2.22. The Hall–Kier alpha value is -1.45. The van der Waals surface area contributed by atoms with E-state index in [0.717, 1.165) is 10.6 Å². The van der Waals surface area contributed by atoms with Gasteiger partial charge < -0.3 is 4.90 Å². The molecule has 0 aromatic heterocycles. The number of carbonyl (C=O) groups is 1. The number of hydrogen-bond donors (Lipinski definition) is 0. The topological polar surface area (TPSA) is 20.3 Å². The van der Waals surface area contributed by atoms with Crippen LogP contribution >= 0.6 is 23.4 Å². The number of para-hydroxylation sites is 1. The number of benzene rings is 2. The van der Waals surface area contributed by atoms with Gasteiger partial charge in [0.25, 0.3) is 0 Å². The Kier molecular flexibility index (Phi) is 5.50. The number of carbonyl (C=O) groups excluding carboxylic acids is 1. The third kappa shape index (κ3) is 4.02. The Morgan fingerprint density at radius 1 is 1.10 bits per heavy atom. The van der Waals surface area contributed by atoms with Gasteiger partial charge in [0.05, 0.1) is 5.75 Å². The van der Waals surface area contributed by atoms with Crippen molar-refractivity contribution in [2.75, 3.05) is 17.2 Å². The summed E-state index contributed by atoms with van der Waals surface area (Å²) in [6.07, 6.45) is 0. The Bertz CT molecular complexity index is 556. The number of hydrogen-bond acceptors (Lipinski definition) is 2. The first kappa shape index (κ1) is 14.9. The molecule has 0 aliphatic heterocycles. The van der Waals surface area contributed by atoms with Gasteiger partial charge >= 0.3 is 0 Å². The summed E-state index contributed by atoms with van der Waals surface area (Å²) in [5.41, 5.74) is 0.941. The third-order valence-corrected chi connectivity index (χ3v) is 4.11. The van der Waals surface area contributed by atoms with Crippen LogP contribution in [0.3, 0.4) is 0 Å². The zero-order valence-electron chi connectivity index (χ0n) is 11.3. The van der Waals surface area contributed by atoms with Crippen LogP contribution in [0.2, 0.25) is 5.02 Å². The maximum Gasteiger partial charge on any atom is 0.237 e. The number of thioether (sulfide) groups is 1. The summed E-state index contributed by atoms with van der Waals surface area (Å²) in [6, 6.07) is 17.3. The third-order valence-electron chi connectivity index (χ3n) is 2.86. The van der Waals surface area contributed by atoms with Crippen molar-refractivity contribution in [2.24, 2.45) is 0 Å². The van der Waals surface area contributed by atoms with Gasteiger partial charge in [-0.1, -0.05) is 29.8 Å². The molecule has 20 heavy (non-hydrogen) atoms. The van der Waals surface area contributed by atoms with E-state index in [-0.39, 0.29) is 5.91 Å². The molecule has 0 unspecified atom stereocenters. The van der Waals surface area contributed by atoms with Gasteiger partial charge in [0.1, 0.15) is 0 Å². The molecule has 0 radical (unpaired) electrons. The molecule has 4 heteroatoms. The number of halogens is 1. The predicted octanol–water partition coefficient (Wildman–Crippen LogP) is 4.49. The molecule has 2 aromatic carbocycles. The van der Waals surface area contributed by atoms with Crippen molar-refractivity contribution in [3.05, 3.63) is 59.6 Å². The smallest absolute Gasteiger partial charge is 0.237 e. The minimum absolute atomic E-state index is 0.110. The molecule has 0 aliphatic rings. The summed E-state index contributed by atoms with van der Waals surface area (Å²) in [6.45, 7) is 2.65. The first-order chi connectivity index (χ1) is 9.70. The lowest BCUT2D eigenvalue weighted by Gasteiger charge is -2.20. The van der Waals surface area contributed by atoms with Crippen LogP contribution in [-0.4, -0.2) is 18.2 Å². The minimum atomic E-state index is 0.110. The first-order valence-corrected chi connectivity index (χ1v) is 7.81. The van der Waals surface area contributed by atoms with E-state index in [0.29, 0.717) is 17.3 Å².